The first kappa shape index (κ1) is 15.3. The minimum Gasteiger partial charge on any atom is -0.497 e. The Morgan fingerprint density at radius 1 is 1.13 bits per heavy atom. The van der Waals surface area contributed by atoms with Crippen LogP contribution in [0.25, 0.3) is 10.2 Å². The van der Waals surface area contributed by atoms with Gasteiger partial charge in [0.2, 0.25) is 0 Å². The van der Waals surface area contributed by atoms with Crippen molar-refractivity contribution < 1.29 is 14.3 Å². The van der Waals surface area contributed by atoms with Crippen LogP contribution in [0.15, 0.2) is 42.5 Å². The highest BCUT2D eigenvalue weighted by Gasteiger charge is 2.10. The van der Waals surface area contributed by atoms with Crippen molar-refractivity contribution in [3.8, 4) is 11.5 Å². The molecule has 3 aromatic rings. The number of ether oxygens (including phenoxy) is 2. The van der Waals surface area contributed by atoms with Crippen LogP contribution >= 0.6 is 11.3 Å². The van der Waals surface area contributed by atoms with E-state index in [9.17, 15) is 4.79 Å². The summed E-state index contributed by atoms with van der Waals surface area (Å²) in [5.74, 6) is 1.46. The van der Waals surface area contributed by atoms with Gasteiger partial charge >= 0.3 is 0 Å². The number of Topliss-reactive ketones (excluding diaryl/α,β-unsaturated/α-hetero) is 1. The van der Waals surface area contributed by atoms with Crippen LogP contribution in [0.2, 0.25) is 0 Å². The van der Waals surface area contributed by atoms with Gasteiger partial charge in [0.15, 0.2) is 10.9 Å². The minimum absolute atomic E-state index is 0.00104. The molecule has 2 aromatic carbocycles. The number of nitrogens with one attached hydrogen (secondary N) is 1. The lowest BCUT2D eigenvalue weighted by Gasteiger charge is -2.04. The van der Waals surface area contributed by atoms with Gasteiger partial charge in [0.05, 0.1) is 25.5 Å². The number of nitrogens with zero attached hydrogens (tertiary/aromatic N) is 1. The van der Waals surface area contributed by atoms with Gasteiger partial charge in [0, 0.05) is 5.56 Å². The lowest BCUT2D eigenvalue weighted by Crippen LogP contribution is -2.13. The quantitative estimate of drug-likeness (QED) is 0.701. The highest BCUT2D eigenvalue weighted by molar-refractivity contribution is 7.22. The maximum Gasteiger partial charge on any atom is 0.184 e. The topological polar surface area (TPSA) is 60.5 Å². The number of hydrogen-bond acceptors (Lipinski definition) is 6. The van der Waals surface area contributed by atoms with E-state index in [1.807, 2.05) is 18.2 Å². The molecule has 0 aliphatic carbocycles. The van der Waals surface area contributed by atoms with Crippen molar-refractivity contribution in [2.24, 2.45) is 0 Å². The fraction of sp³-hybridized carbons (Fsp3) is 0.176. The first-order valence-corrected chi connectivity index (χ1v) is 7.87. The third kappa shape index (κ3) is 3.27. The number of carbonyl (C=O) groups excluding carboxylic acids is 1. The van der Waals surface area contributed by atoms with Crippen LogP contribution in [0, 0.1) is 0 Å². The molecule has 3 rings (SSSR count). The molecule has 5 nitrogen and oxygen atoms in total. The van der Waals surface area contributed by atoms with E-state index in [4.69, 9.17) is 9.47 Å². The Morgan fingerprint density at radius 2 is 1.91 bits per heavy atom. The molecule has 0 aliphatic heterocycles. The van der Waals surface area contributed by atoms with Gasteiger partial charge in [-0.3, -0.25) is 4.79 Å². The SMILES string of the molecule is COc1ccc(C(=O)CNc2nc3c(OC)cccc3s2)cc1. The molecule has 0 aliphatic rings. The molecule has 1 aromatic heterocycles. The molecule has 0 unspecified atom stereocenters. The molecular weight excluding hydrogens is 312 g/mol. The number of thiazole rings is 1. The third-order valence-corrected chi connectivity index (χ3v) is 4.39. The van der Waals surface area contributed by atoms with Gasteiger partial charge in [-0.15, -0.1) is 0 Å². The van der Waals surface area contributed by atoms with Crippen LogP contribution in [-0.4, -0.2) is 31.5 Å². The Morgan fingerprint density at radius 3 is 2.61 bits per heavy atom. The van der Waals surface area contributed by atoms with E-state index in [1.165, 1.54) is 11.3 Å². The van der Waals surface area contributed by atoms with Crippen LogP contribution in [0.3, 0.4) is 0 Å². The lowest BCUT2D eigenvalue weighted by atomic mass is 10.1. The van der Waals surface area contributed by atoms with E-state index in [1.54, 1.807) is 38.5 Å². The van der Waals surface area contributed by atoms with E-state index in [2.05, 4.69) is 10.3 Å². The number of rotatable bonds is 6. The number of para-hydroxylation sites is 1. The summed E-state index contributed by atoms with van der Waals surface area (Å²) in [4.78, 5) is 16.7. The molecule has 0 saturated heterocycles. The van der Waals surface area contributed by atoms with Crippen molar-refractivity contribution in [2.75, 3.05) is 26.1 Å². The number of ketones is 1. The molecule has 0 radical (unpaired) electrons. The van der Waals surface area contributed by atoms with Crippen LogP contribution in [-0.2, 0) is 0 Å². The second-order valence-corrected chi connectivity index (χ2v) is 5.86. The number of aromatic nitrogens is 1. The van der Waals surface area contributed by atoms with Crippen LogP contribution in [0.1, 0.15) is 10.4 Å². The molecule has 0 bridgehead atoms. The van der Waals surface area contributed by atoms with Crippen molar-refractivity contribution >= 4 is 32.5 Å². The Balaban J connectivity index is 1.71. The summed E-state index contributed by atoms with van der Waals surface area (Å²) >= 11 is 1.50. The fourth-order valence-electron chi connectivity index (χ4n) is 2.20. The molecule has 23 heavy (non-hydrogen) atoms. The van der Waals surface area contributed by atoms with Gasteiger partial charge in [-0.2, -0.15) is 0 Å². The van der Waals surface area contributed by atoms with Crippen LogP contribution in [0.4, 0.5) is 5.13 Å². The van der Waals surface area contributed by atoms with Gasteiger partial charge in [-0.1, -0.05) is 17.4 Å². The number of hydrogen-bond donors (Lipinski definition) is 1. The van der Waals surface area contributed by atoms with Crippen molar-refractivity contribution in [1.82, 2.24) is 4.98 Å². The summed E-state index contributed by atoms with van der Waals surface area (Å²) in [6, 6.07) is 12.8. The van der Waals surface area contributed by atoms with Gasteiger partial charge in [-0.05, 0) is 36.4 Å². The molecular formula is C17H16N2O3S. The zero-order chi connectivity index (χ0) is 16.2. The van der Waals surface area contributed by atoms with Crippen molar-refractivity contribution in [1.29, 1.82) is 0 Å². The van der Waals surface area contributed by atoms with E-state index < -0.39 is 0 Å². The zero-order valence-electron chi connectivity index (χ0n) is 12.8. The van der Waals surface area contributed by atoms with Gasteiger partial charge in [0.1, 0.15) is 17.0 Å². The molecule has 118 valence electrons. The maximum atomic E-state index is 12.2. The predicted molar refractivity (Wildman–Crippen MR) is 92.0 cm³/mol. The molecule has 1 N–H and O–H groups in total. The number of benzene rings is 2. The first-order chi connectivity index (χ1) is 11.2. The van der Waals surface area contributed by atoms with E-state index in [0.717, 1.165) is 21.7 Å². The molecule has 1 heterocycles. The summed E-state index contributed by atoms with van der Waals surface area (Å²) in [6.45, 7) is 0.189. The van der Waals surface area contributed by atoms with Crippen LogP contribution in [0.5, 0.6) is 11.5 Å². The average molecular weight is 328 g/mol. The summed E-state index contributed by atoms with van der Waals surface area (Å²) in [6.07, 6.45) is 0. The average Bonchev–Trinajstić information content (AvgIpc) is 3.02. The summed E-state index contributed by atoms with van der Waals surface area (Å²) in [5.41, 5.74) is 1.44. The number of fused-ring (bicyclic) bond motifs is 1. The molecule has 0 fully saturated rings. The largest absolute Gasteiger partial charge is 0.497 e. The Labute approximate surface area is 137 Å². The van der Waals surface area contributed by atoms with Gasteiger partial charge in [-0.25, -0.2) is 4.98 Å². The fourth-order valence-corrected chi connectivity index (χ4v) is 3.08. The molecule has 0 spiro atoms. The predicted octanol–water partition coefficient (Wildman–Crippen LogP) is 3.61. The number of methoxy groups -OCH3 is 2. The summed E-state index contributed by atoms with van der Waals surface area (Å²) < 4.78 is 11.4. The maximum absolute atomic E-state index is 12.2. The van der Waals surface area contributed by atoms with Crippen LogP contribution < -0.4 is 14.8 Å². The molecule has 0 amide bonds. The van der Waals surface area contributed by atoms with Crippen molar-refractivity contribution in [2.45, 2.75) is 0 Å². The van der Waals surface area contributed by atoms with E-state index in [-0.39, 0.29) is 12.3 Å². The third-order valence-electron chi connectivity index (χ3n) is 3.41. The number of anilines is 1. The second kappa shape index (κ2) is 6.66. The second-order valence-electron chi connectivity index (χ2n) is 4.83. The van der Waals surface area contributed by atoms with Crippen molar-refractivity contribution in [3.05, 3.63) is 48.0 Å². The highest BCUT2D eigenvalue weighted by Crippen LogP contribution is 2.31. The Hall–Kier alpha value is -2.60. The van der Waals surface area contributed by atoms with Gasteiger partial charge < -0.3 is 14.8 Å². The monoisotopic (exact) mass is 328 g/mol. The highest BCUT2D eigenvalue weighted by atomic mass is 32.1. The smallest absolute Gasteiger partial charge is 0.184 e. The molecule has 0 atom stereocenters. The number of carbonyl (C=O) groups is 1. The summed E-state index contributed by atoms with van der Waals surface area (Å²) in [7, 11) is 3.22. The Bertz CT molecular complexity index is 827. The molecule has 6 heteroatoms. The van der Waals surface area contributed by atoms with E-state index >= 15 is 0 Å². The zero-order valence-corrected chi connectivity index (χ0v) is 13.6. The van der Waals surface area contributed by atoms with Gasteiger partial charge in [0.25, 0.3) is 0 Å². The minimum atomic E-state index is -0.00104. The lowest BCUT2D eigenvalue weighted by molar-refractivity contribution is 0.101. The Kier molecular flexibility index (Phi) is 4.43. The normalized spacial score (nSPS) is 10.5. The first-order valence-electron chi connectivity index (χ1n) is 7.06. The van der Waals surface area contributed by atoms with E-state index in [0.29, 0.717) is 10.7 Å². The summed E-state index contributed by atoms with van der Waals surface area (Å²) in [5, 5.41) is 3.78. The van der Waals surface area contributed by atoms with Crippen molar-refractivity contribution in [3.63, 3.8) is 0 Å². The standard InChI is InChI=1S/C17H16N2O3S/c1-21-12-8-6-11(7-9-12)13(20)10-18-17-19-16-14(22-2)4-3-5-15(16)23-17/h3-9H,10H2,1-2H3,(H,18,19). The molecule has 0 saturated carbocycles.